The van der Waals surface area contributed by atoms with Crippen LogP contribution >= 0.6 is 0 Å². The second-order valence-corrected chi connectivity index (χ2v) is 4.12. The molecule has 0 radical (unpaired) electrons. The van der Waals surface area contributed by atoms with E-state index in [1.54, 1.807) is 30.8 Å². The van der Waals surface area contributed by atoms with Crippen molar-refractivity contribution >= 4 is 5.97 Å². The van der Waals surface area contributed by atoms with Crippen LogP contribution in [0, 0.1) is 12.7 Å². The predicted molar refractivity (Wildman–Crippen MR) is 64.7 cm³/mol. The van der Waals surface area contributed by atoms with Gasteiger partial charge in [0, 0.05) is 12.6 Å². The van der Waals surface area contributed by atoms with Gasteiger partial charge in [0.1, 0.15) is 5.82 Å². The number of nitrogens with zero attached hydrogens (tertiary/aromatic N) is 2. The number of aryl methyl sites for hydroxylation is 1. The lowest BCUT2D eigenvalue weighted by Crippen LogP contribution is -2.02. The van der Waals surface area contributed by atoms with Gasteiger partial charge in [-0.05, 0) is 24.6 Å². The Balaban J connectivity index is 2.51. The van der Waals surface area contributed by atoms with Gasteiger partial charge in [-0.1, -0.05) is 12.1 Å². The van der Waals surface area contributed by atoms with E-state index in [9.17, 15) is 9.18 Å². The summed E-state index contributed by atoms with van der Waals surface area (Å²) in [7, 11) is 1.72. The van der Waals surface area contributed by atoms with Crippen molar-refractivity contribution in [2.45, 2.75) is 13.3 Å². The maximum absolute atomic E-state index is 13.2. The zero-order valence-electron chi connectivity index (χ0n) is 10.1. The van der Waals surface area contributed by atoms with E-state index in [1.807, 2.05) is 0 Å². The zero-order valence-corrected chi connectivity index (χ0v) is 10.1. The summed E-state index contributed by atoms with van der Waals surface area (Å²) in [4.78, 5) is 10.7. The Morgan fingerprint density at radius 3 is 2.83 bits per heavy atom. The molecule has 1 aromatic carbocycles. The molecule has 0 spiro atoms. The number of carbonyl (C=O) groups is 1. The number of halogens is 1. The highest BCUT2D eigenvalue weighted by atomic mass is 19.1. The number of hydrogen-bond acceptors (Lipinski definition) is 2. The minimum atomic E-state index is -0.929. The molecule has 0 bridgehead atoms. The van der Waals surface area contributed by atoms with Crippen molar-refractivity contribution in [2.75, 3.05) is 0 Å². The minimum absolute atomic E-state index is 0.130. The van der Waals surface area contributed by atoms with Gasteiger partial charge in [-0.15, -0.1) is 0 Å². The lowest BCUT2D eigenvalue weighted by atomic mass is 10.1. The molecule has 5 heteroatoms. The van der Waals surface area contributed by atoms with Crippen molar-refractivity contribution in [1.82, 2.24) is 9.78 Å². The molecule has 2 aromatic rings. The Morgan fingerprint density at radius 2 is 2.22 bits per heavy atom. The first-order valence-corrected chi connectivity index (χ1v) is 5.49. The molecule has 4 nitrogen and oxygen atoms in total. The minimum Gasteiger partial charge on any atom is -0.481 e. The monoisotopic (exact) mass is 248 g/mol. The first kappa shape index (κ1) is 12.3. The molecule has 2 rings (SSSR count). The van der Waals surface area contributed by atoms with Gasteiger partial charge in [-0.25, -0.2) is 4.39 Å². The summed E-state index contributed by atoms with van der Waals surface area (Å²) in [6.07, 6.45) is -0.130. The summed E-state index contributed by atoms with van der Waals surface area (Å²) in [6, 6.07) is 6.17. The van der Waals surface area contributed by atoms with E-state index in [0.717, 1.165) is 11.3 Å². The average molecular weight is 248 g/mol. The van der Waals surface area contributed by atoms with Crippen LogP contribution in [0.3, 0.4) is 0 Å². The first-order valence-electron chi connectivity index (χ1n) is 5.49. The van der Waals surface area contributed by atoms with Crippen LogP contribution in [0.1, 0.15) is 11.3 Å². The maximum atomic E-state index is 13.2. The van der Waals surface area contributed by atoms with E-state index in [1.165, 1.54) is 12.1 Å². The molecule has 94 valence electrons. The molecule has 0 atom stereocenters. The maximum Gasteiger partial charge on any atom is 0.309 e. The molecule has 1 heterocycles. The van der Waals surface area contributed by atoms with Crippen LogP contribution in [0.4, 0.5) is 4.39 Å². The van der Waals surface area contributed by atoms with Crippen molar-refractivity contribution in [2.24, 2.45) is 7.05 Å². The van der Waals surface area contributed by atoms with Gasteiger partial charge >= 0.3 is 5.97 Å². The molecule has 1 aromatic heterocycles. The van der Waals surface area contributed by atoms with Crippen molar-refractivity contribution in [1.29, 1.82) is 0 Å². The molecule has 0 aliphatic heterocycles. The fourth-order valence-electron chi connectivity index (χ4n) is 2.04. The highest BCUT2D eigenvalue weighted by Gasteiger charge is 2.16. The molecule has 1 N–H and O–H groups in total. The average Bonchev–Trinajstić information content (AvgIpc) is 2.53. The van der Waals surface area contributed by atoms with Gasteiger partial charge in [-0.3, -0.25) is 9.48 Å². The van der Waals surface area contributed by atoms with E-state index < -0.39 is 5.97 Å². The SMILES string of the molecule is Cc1c(CC(=O)O)nn(C)c1-c1cccc(F)c1. The third-order valence-electron chi connectivity index (χ3n) is 2.80. The standard InChI is InChI=1S/C13H13FN2O2/c1-8-11(7-12(17)18)15-16(2)13(8)9-4-3-5-10(14)6-9/h3-6H,7H2,1-2H3,(H,17,18). The summed E-state index contributed by atoms with van der Waals surface area (Å²) >= 11 is 0. The number of aliphatic carboxylic acids is 1. The number of rotatable bonds is 3. The molecule has 0 saturated heterocycles. The van der Waals surface area contributed by atoms with Crippen LogP contribution in [-0.4, -0.2) is 20.9 Å². The van der Waals surface area contributed by atoms with Gasteiger partial charge in [0.15, 0.2) is 0 Å². The largest absolute Gasteiger partial charge is 0.481 e. The Hall–Kier alpha value is -2.17. The van der Waals surface area contributed by atoms with Gasteiger partial charge < -0.3 is 5.11 Å². The van der Waals surface area contributed by atoms with Gasteiger partial charge in [0.25, 0.3) is 0 Å². The lowest BCUT2D eigenvalue weighted by molar-refractivity contribution is -0.136. The van der Waals surface area contributed by atoms with Gasteiger partial charge in [0.05, 0.1) is 17.8 Å². The van der Waals surface area contributed by atoms with E-state index in [-0.39, 0.29) is 12.2 Å². The smallest absolute Gasteiger partial charge is 0.309 e. The quantitative estimate of drug-likeness (QED) is 0.905. The summed E-state index contributed by atoms with van der Waals surface area (Å²) in [5.74, 6) is -1.25. The number of aromatic nitrogens is 2. The Bertz CT molecular complexity index is 605. The summed E-state index contributed by atoms with van der Waals surface area (Å²) in [5, 5.41) is 13.0. The van der Waals surface area contributed by atoms with Crippen LogP contribution in [-0.2, 0) is 18.3 Å². The van der Waals surface area contributed by atoms with Crippen LogP contribution in [0.2, 0.25) is 0 Å². The van der Waals surface area contributed by atoms with E-state index >= 15 is 0 Å². The second-order valence-electron chi connectivity index (χ2n) is 4.12. The van der Waals surface area contributed by atoms with E-state index in [4.69, 9.17) is 5.11 Å². The van der Waals surface area contributed by atoms with Crippen molar-refractivity contribution in [3.63, 3.8) is 0 Å². The van der Waals surface area contributed by atoms with E-state index in [0.29, 0.717) is 11.3 Å². The Labute approximate surface area is 104 Å². The number of benzene rings is 1. The summed E-state index contributed by atoms with van der Waals surface area (Å²) in [5.41, 5.74) is 2.71. The third kappa shape index (κ3) is 2.25. The van der Waals surface area contributed by atoms with Crippen molar-refractivity contribution in [3.05, 3.63) is 41.3 Å². The predicted octanol–water partition coefficient (Wildman–Crippen LogP) is 2.16. The molecule has 0 saturated carbocycles. The summed E-state index contributed by atoms with van der Waals surface area (Å²) < 4.78 is 14.8. The highest BCUT2D eigenvalue weighted by Crippen LogP contribution is 2.25. The van der Waals surface area contributed by atoms with Gasteiger partial charge in [-0.2, -0.15) is 5.10 Å². The number of carboxylic acids is 1. The Kier molecular flexibility index (Phi) is 3.14. The van der Waals surface area contributed by atoms with Crippen LogP contribution in [0.15, 0.2) is 24.3 Å². The molecule has 0 fully saturated rings. The first-order chi connectivity index (χ1) is 8.49. The second kappa shape index (κ2) is 4.60. The van der Waals surface area contributed by atoms with Gasteiger partial charge in [0.2, 0.25) is 0 Å². The normalized spacial score (nSPS) is 10.6. The fourth-order valence-corrected chi connectivity index (χ4v) is 2.04. The zero-order chi connectivity index (χ0) is 13.3. The van der Waals surface area contributed by atoms with Crippen LogP contribution in [0.5, 0.6) is 0 Å². The number of hydrogen-bond donors (Lipinski definition) is 1. The molecule has 0 aliphatic rings. The molecule has 0 amide bonds. The number of carboxylic acid groups (broad SMARTS) is 1. The Morgan fingerprint density at radius 1 is 1.50 bits per heavy atom. The van der Waals surface area contributed by atoms with Crippen molar-refractivity contribution < 1.29 is 14.3 Å². The summed E-state index contributed by atoms with van der Waals surface area (Å²) in [6.45, 7) is 1.80. The fraction of sp³-hybridized carbons (Fsp3) is 0.231. The third-order valence-corrected chi connectivity index (χ3v) is 2.80. The molecule has 0 aliphatic carbocycles. The molecular formula is C13H13FN2O2. The van der Waals surface area contributed by atoms with Crippen molar-refractivity contribution in [3.8, 4) is 11.3 Å². The topological polar surface area (TPSA) is 55.1 Å². The highest BCUT2D eigenvalue weighted by molar-refractivity contribution is 5.72. The van der Waals surface area contributed by atoms with Crippen LogP contribution < -0.4 is 0 Å². The van der Waals surface area contributed by atoms with E-state index in [2.05, 4.69) is 5.10 Å². The molecule has 0 unspecified atom stereocenters. The molecule has 18 heavy (non-hydrogen) atoms. The molecular weight excluding hydrogens is 235 g/mol. The van der Waals surface area contributed by atoms with Crippen LogP contribution in [0.25, 0.3) is 11.3 Å². The lowest BCUT2D eigenvalue weighted by Gasteiger charge is -2.03.